The van der Waals surface area contributed by atoms with Crippen molar-refractivity contribution in [1.29, 1.82) is 0 Å². The van der Waals surface area contributed by atoms with Gasteiger partial charge in [0.1, 0.15) is 0 Å². The lowest BCUT2D eigenvalue weighted by atomic mass is 10.0. The molecule has 1 aromatic heterocycles. The highest BCUT2D eigenvalue weighted by molar-refractivity contribution is 9.10. The van der Waals surface area contributed by atoms with Gasteiger partial charge in [-0.05, 0) is 36.1 Å². The zero-order chi connectivity index (χ0) is 14.0. The van der Waals surface area contributed by atoms with E-state index >= 15 is 0 Å². The van der Waals surface area contributed by atoms with Crippen LogP contribution in [0.25, 0.3) is 5.69 Å². The Morgan fingerprint density at radius 2 is 2.11 bits per heavy atom. The first-order valence-corrected chi connectivity index (χ1v) is 7.40. The molecule has 0 radical (unpaired) electrons. The molecule has 0 aliphatic heterocycles. The highest BCUT2D eigenvalue weighted by Crippen LogP contribution is 2.26. The number of rotatable bonds is 4. The molecule has 0 aliphatic rings. The molecule has 0 bridgehead atoms. The second kappa shape index (κ2) is 5.88. The molecule has 2 aromatic rings. The van der Waals surface area contributed by atoms with Crippen molar-refractivity contribution in [3.8, 4) is 5.69 Å². The molecule has 0 saturated carbocycles. The minimum atomic E-state index is -0.00384. The summed E-state index contributed by atoms with van der Waals surface area (Å²) in [6.45, 7) is 6.42. The van der Waals surface area contributed by atoms with E-state index in [4.69, 9.17) is 5.73 Å². The molecular formula is C15H20BrN3. The van der Waals surface area contributed by atoms with Crippen LogP contribution in [-0.2, 0) is 6.42 Å². The fourth-order valence-corrected chi connectivity index (χ4v) is 2.58. The van der Waals surface area contributed by atoms with Gasteiger partial charge in [0.2, 0.25) is 0 Å². The summed E-state index contributed by atoms with van der Waals surface area (Å²) in [4.78, 5) is 4.27. The third kappa shape index (κ3) is 2.90. The molecule has 0 spiro atoms. The van der Waals surface area contributed by atoms with Gasteiger partial charge in [-0.2, -0.15) is 0 Å². The van der Waals surface area contributed by atoms with Crippen LogP contribution >= 0.6 is 15.9 Å². The molecular weight excluding hydrogens is 302 g/mol. The van der Waals surface area contributed by atoms with Crippen molar-refractivity contribution in [3.05, 3.63) is 46.5 Å². The van der Waals surface area contributed by atoms with E-state index in [0.29, 0.717) is 5.92 Å². The Balaban J connectivity index is 2.51. The fraction of sp³-hybridized carbons (Fsp3) is 0.400. The predicted octanol–water partition coefficient (Wildman–Crippen LogP) is 3.85. The molecule has 2 N–H and O–H groups in total. The van der Waals surface area contributed by atoms with Crippen LogP contribution in [0.5, 0.6) is 0 Å². The van der Waals surface area contributed by atoms with Crippen LogP contribution in [0.4, 0.5) is 0 Å². The fourth-order valence-electron chi connectivity index (χ4n) is 2.17. The first kappa shape index (κ1) is 14.3. The molecule has 0 amide bonds. The molecule has 0 aliphatic carbocycles. The van der Waals surface area contributed by atoms with E-state index in [1.807, 2.05) is 12.5 Å². The average Bonchev–Trinajstić information content (AvgIpc) is 2.86. The lowest BCUT2D eigenvalue weighted by Gasteiger charge is -2.19. The summed E-state index contributed by atoms with van der Waals surface area (Å²) in [5, 5.41) is 0. The third-order valence-electron chi connectivity index (χ3n) is 3.41. The Kier molecular flexibility index (Phi) is 4.42. The van der Waals surface area contributed by atoms with Crippen molar-refractivity contribution in [1.82, 2.24) is 9.55 Å². The van der Waals surface area contributed by atoms with Crippen molar-refractivity contribution in [2.45, 2.75) is 33.2 Å². The number of benzene rings is 1. The number of aromatic nitrogens is 2. The zero-order valence-electron chi connectivity index (χ0n) is 11.6. The summed E-state index contributed by atoms with van der Waals surface area (Å²) in [5.41, 5.74) is 9.78. The SMILES string of the molecule is CCc1cc(Br)ccc1-n1cncc1C(N)C(C)C. The third-order valence-corrected chi connectivity index (χ3v) is 3.90. The van der Waals surface area contributed by atoms with Crippen LogP contribution in [0.2, 0.25) is 0 Å². The maximum atomic E-state index is 6.27. The highest BCUT2D eigenvalue weighted by Gasteiger charge is 2.17. The molecule has 1 atom stereocenters. The molecule has 1 unspecified atom stereocenters. The molecule has 0 fully saturated rings. The largest absolute Gasteiger partial charge is 0.322 e. The van der Waals surface area contributed by atoms with Gasteiger partial charge in [0.05, 0.1) is 23.9 Å². The van der Waals surface area contributed by atoms with Gasteiger partial charge < -0.3 is 10.3 Å². The van der Waals surface area contributed by atoms with Gasteiger partial charge in [0, 0.05) is 10.5 Å². The summed E-state index contributed by atoms with van der Waals surface area (Å²) in [6, 6.07) is 6.32. The normalized spacial score (nSPS) is 12.9. The maximum Gasteiger partial charge on any atom is 0.0994 e. The van der Waals surface area contributed by atoms with E-state index in [2.05, 4.69) is 64.5 Å². The molecule has 4 heteroatoms. The number of halogens is 1. The average molecular weight is 322 g/mol. The van der Waals surface area contributed by atoms with E-state index in [0.717, 1.165) is 22.3 Å². The topological polar surface area (TPSA) is 43.8 Å². The number of nitrogens with zero attached hydrogens (tertiary/aromatic N) is 2. The molecule has 102 valence electrons. The van der Waals surface area contributed by atoms with Crippen LogP contribution in [0.15, 0.2) is 35.2 Å². The van der Waals surface area contributed by atoms with Gasteiger partial charge in [0.15, 0.2) is 0 Å². The number of hydrogen-bond acceptors (Lipinski definition) is 2. The van der Waals surface area contributed by atoms with Gasteiger partial charge in [-0.25, -0.2) is 4.98 Å². The Morgan fingerprint density at radius 3 is 2.74 bits per heavy atom. The van der Waals surface area contributed by atoms with Crippen molar-refractivity contribution < 1.29 is 0 Å². The Labute approximate surface area is 123 Å². The van der Waals surface area contributed by atoms with Crippen LogP contribution < -0.4 is 5.73 Å². The van der Waals surface area contributed by atoms with Crippen LogP contribution in [0.1, 0.15) is 38.1 Å². The minimum Gasteiger partial charge on any atom is -0.322 e. The molecule has 1 heterocycles. The maximum absolute atomic E-state index is 6.27. The number of hydrogen-bond donors (Lipinski definition) is 1. The van der Waals surface area contributed by atoms with Gasteiger partial charge in [0.25, 0.3) is 0 Å². The van der Waals surface area contributed by atoms with Crippen molar-refractivity contribution in [2.75, 3.05) is 0 Å². The Hall–Kier alpha value is -1.13. The molecule has 19 heavy (non-hydrogen) atoms. The molecule has 3 nitrogen and oxygen atoms in total. The summed E-state index contributed by atoms with van der Waals surface area (Å²) in [7, 11) is 0. The summed E-state index contributed by atoms with van der Waals surface area (Å²) >= 11 is 3.52. The second-order valence-electron chi connectivity index (χ2n) is 5.08. The second-order valence-corrected chi connectivity index (χ2v) is 6.00. The van der Waals surface area contributed by atoms with Gasteiger partial charge in [-0.3, -0.25) is 0 Å². The quantitative estimate of drug-likeness (QED) is 0.929. The predicted molar refractivity (Wildman–Crippen MR) is 82.4 cm³/mol. The summed E-state index contributed by atoms with van der Waals surface area (Å²) in [5.74, 6) is 0.385. The summed E-state index contributed by atoms with van der Waals surface area (Å²) < 4.78 is 3.21. The smallest absolute Gasteiger partial charge is 0.0994 e. The van der Waals surface area contributed by atoms with Crippen LogP contribution in [-0.4, -0.2) is 9.55 Å². The lowest BCUT2D eigenvalue weighted by molar-refractivity contribution is 0.496. The number of aryl methyl sites for hydroxylation is 1. The van der Waals surface area contributed by atoms with Gasteiger partial charge in [-0.15, -0.1) is 0 Å². The standard InChI is InChI=1S/C15H20BrN3/c1-4-11-7-12(16)5-6-13(11)19-9-18-8-14(19)15(17)10(2)3/h5-10,15H,4,17H2,1-3H3. The van der Waals surface area contributed by atoms with Crippen LogP contribution in [0.3, 0.4) is 0 Å². The molecule has 2 rings (SSSR count). The highest BCUT2D eigenvalue weighted by atomic mass is 79.9. The number of imidazole rings is 1. The monoisotopic (exact) mass is 321 g/mol. The van der Waals surface area contributed by atoms with Crippen molar-refractivity contribution in [3.63, 3.8) is 0 Å². The van der Waals surface area contributed by atoms with E-state index in [1.165, 1.54) is 5.56 Å². The van der Waals surface area contributed by atoms with E-state index < -0.39 is 0 Å². The summed E-state index contributed by atoms with van der Waals surface area (Å²) in [6.07, 6.45) is 4.69. The van der Waals surface area contributed by atoms with Gasteiger partial charge >= 0.3 is 0 Å². The molecule has 1 aromatic carbocycles. The first-order valence-electron chi connectivity index (χ1n) is 6.61. The van der Waals surface area contributed by atoms with Crippen molar-refractivity contribution in [2.24, 2.45) is 11.7 Å². The Morgan fingerprint density at radius 1 is 1.37 bits per heavy atom. The zero-order valence-corrected chi connectivity index (χ0v) is 13.2. The number of nitrogens with two attached hydrogens (primary N) is 1. The lowest BCUT2D eigenvalue weighted by Crippen LogP contribution is -2.20. The van der Waals surface area contributed by atoms with E-state index in [1.54, 1.807) is 0 Å². The minimum absolute atomic E-state index is 0.00384. The van der Waals surface area contributed by atoms with Gasteiger partial charge in [-0.1, -0.05) is 36.7 Å². The first-order chi connectivity index (χ1) is 9.04. The van der Waals surface area contributed by atoms with Crippen molar-refractivity contribution >= 4 is 15.9 Å². The van der Waals surface area contributed by atoms with Crippen LogP contribution in [0, 0.1) is 5.92 Å². The Bertz CT molecular complexity index is 560. The van der Waals surface area contributed by atoms with E-state index in [9.17, 15) is 0 Å². The molecule has 0 saturated heterocycles. The van der Waals surface area contributed by atoms with E-state index in [-0.39, 0.29) is 6.04 Å².